The Hall–Kier alpha value is -0.530. The van der Waals surface area contributed by atoms with Crippen LogP contribution in [0.4, 0.5) is 0 Å². The highest BCUT2D eigenvalue weighted by atomic mass is 16.8. The van der Waals surface area contributed by atoms with Crippen molar-refractivity contribution in [2.75, 3.05) is 13.2 Å². The van der Waals surface area contributed by atoms with E-state index in [1.54, 1.807) is 13.8 Å². The molecule has 3 rings (SSSR count). The number of Topliss-reactive ketones (excluding diaryl/α,β-unsaturated/α-hetero) is 1. The van der Waals surface area contributed by atoms with E-state index in [1.807, 2.05) is 13.8 Å². The first kappa shape index (κ1) is 13.5. The molecule has 3 aliphatic rings. The summed E-state index contributed by atoms with van der Waals surface area (Å²) < 4.78 is 28.1. The van der Waals surface area contributed by atoms with Crippen LogP contribution in [0.3, 0.4) is 0 Å². The first-order valence-electron chi connectivity index (χ1n) is 6.66. The summed E-state index contributed by atoms with van der Waals surface area (Å²) in [5.74, 6) is -2.21. The van der Waals surface area contributed by atoms with Crippen molar-refractivity contribution in [2.45, 2.75) is 57.8 Å². The Balaban J connectivity index is 1.78. The lowest BCUT2D eigenvalue weighted by atomic mass is 9.99. The van der Waals surface area contributed by atoms with E-state index in [4.69, 9.17) is 23.7 Å². The van der Waals surface area contributed by atoms with Crippen molar-refractivity contribution in [3.05, 3.63) is 0 Å². The quantitative estimate of drug-likeness (QED) is 0.704. The summed E-state index contributed by atoms with van der Waals surface area (Å²) in [6.45, 7) is 7.86. The van der Waals surface area contributed by atoms with E-state index < -0.39 is 17.7 Å². The summed E-state index contributed by atoms with van der Waals surface area (Å²) in [5.41, 5.74) is 0. The summed E-state index contributed by atoms with van der Waals surface area (Å²) in [4.78, 5) is 12.6. The van der Waals surface area contributed by atoms with Crippen LogP contribution in [-0.2, 0) is 28.5 Å². The van der Waals surface area contributed by atoms with Crippen LogP contribution < -0.4 is 0 Å². The van der Waals surface area contributed by atoms with Crippen LogP contribution in [0.5, 0.6) is 0 Å². The van der Waals surface area contributed by atoms with Crippen LogP contribution >= 0.6 is 0 Å². The molecule has 3 fully saturated rings. The molecule has 3 aliphatic heterocycles. The van der Waals surface area contributed by atoms with Crippen molar-refractivity contribution < 1.29 is 28.5 Å². The third-order valence-corrected chi connectivity index (χ3v) is 3.61. The third kappa shape index (κ3) is 2.11. The second-order valence-corrected chi connectivity index (χ2v) is 6.06. The lowest BCUT2D eigenvalue weighted by molar-refractivity contribution is -0.263. The lowest BCUT2D eigenvalue weighted by Crippen LogP contribution is -2.58. The fourth-order valence-electron chi connectivity index (χ4n) is 2.60. The maximum atomic E-state index is 12.6. The maximum absolute atomic E-state index is 12.6. The fraction of sp³-hybridized carbons (Fsp3) is 0.923. The second kappa shape index (κ2) is 4.23. The molecule has 3 saturated heterocycles. The Morgan fingerprint density at radius 1 is 1.21 bits per heavy atom. The first-order chi connectivity index (χ1) is 8.83. The molecule has 4 atom stereocenters. The zero-order chi connectivity index (χ0) is 13.8. The normalized spacial score (nSPS) is 45.1. The van der Waals surface area contributed by atoms with Gasteiger partial charge in [-0.2, -0.15) is 0 Å². The van der Waals surface area contributed by atoms with Gasteiger partial charge in [0.15, 0.2) is 18.2 Å². The summed E-state index contributed by atoms with van der Waals surface area (Å²) in [6, 6.07) is 0. The van der Waals surface area contributed by atoms with Gasteiger partial charge in [0.05, 0.1) is 6.61 Å². The number of hydrogen-bond donors (Lipinski definition) is 0. The molecule has 19 heavy (non-hydrogen) atoms. The van der Waals surface area contributed by atoms with Gasteiger partial charge in [-0.3, -0.25) is 4.79 Å². The highest BCUT2D eigenvalue weighted by molar-refractivity contribution is 5.92. The van der Waals surface area contributed by atoms with E-state index in [2.05, 4.69) is 0 Å². The fourth-order valence-corrected chi connectivity index (χ4v) is 2.60. The van der Waals surface area contributed by atoms with Gasteiger partial charge in [-0.15, -0.1) is 0 Å². The van der Waals surface area contributed by atoms with Gasteiger partial charge >= 0.3 is 0 Å². The molecule has 108 valence electrons. The molecule has 0 radical (unpaired) electrons. The minimum atomic E-state index is -1.33. The third-order valence-electron chi connectivity index (χ3n) is 3.61. The van der Waals surface area contributed by atoms with E-state index in [0.29, 0.717) is 0 Å². The number of hydrogen-bond acceptors (Lipinski definition) is 6. The molecule has 6 heteroatoms. The van der Waals surface area contributed by atoms with Crippen LogP contribution in [0.2, 0.25) is 0 Å². The van der Waals surface area contributed by atoms with Gasteiger partial charge in [-0.1, -0.05) is 13.8 Å². The molecule has 0 aromatic rings. The van der Waals surface area contributed by atoms with E-state index in [0.717, 1.165) is 0 Å². The van der Waals surface area contributed by atoms with Crippen LogP contribution in [0.25, 0.3) is 0 Å². The monoisotopic (exact) mass is 272 g/mol. The largest absolute Gasteiger partial charge is 0.344 e. The Labute approximate surface area is 112 Å². The minimum Gasteiger partial charge on any atom is -0.344 e. The molecule has 0 aromatic carbocycles. The number of rotatable bonds is 1. The Kier molecular flexibility index (Phi) is 3.00. The Bertz CT molecular complexity index is 393. The molecule has 1 spiro atoms. The Morgan fingerprint density at radius 2 is 1.95 bits per heavy atom. The summed E-state index contributed by atoms with van der Waals surface area (Å²) >= 11 is 0. The van der Waals surface area contributed by atoms with Crippen molar-refractivity contribution in [3.63, 3.8) is 0 Å². The van der Waals surface area contributed by atoms with E-state index >= 15 is 0 Å². The van der Waals surface area contributed by atoms with E-state index in [9.17, 15) is 4.79 Å². The molecule has 0 amide bonds. The maximum Gasteiger partial charge on any atom is 0.258 e. The zero-order valence-electron chi connectivity index (χ0n) is 11.7. The van der Waals surface area contributed by atoms with Gasteiger partial charge < -0.3 is 23.7 Å². The van der Waals surface area contributed by atoms with Crippen molar-refractivity contribution in [1.29, 1.82) is 0 Å². The Morgan fingerprint density at radius 3 is 2.53 bits per heavy atom. The second-order valence-electron chi connectivity index (χ2n) is 6.06. The highest BCUT2D eigenvalue weighted by Gasteiger charge is 2.61. The molecule has 0 aromatic heterocycles. The average molecular weight is 272 g/mol. The lowest BCUT2D eigenvalue weighted by Gasteiger charge is -2.35. The number of ketones is 1. The van der Waals surface area contributed by atoms with Gasteiger partial charge in [0.1, 0.15) is 12.7 Å². The van der Waals surface area contributed by atoms with E-state index in [1.165, 1.54) is 0 Å². The molecular weight excluding hydrogens is 252 g/mol. The first-order valence-corrected chi connectivity index (χ1v) is 6.66. The van der Waals surface area contributed by atoms with Crippen molar-refractivity contribution in [3.8, 4) is 0 Å². The van der Waals surface area contributed by atoms with Crippen LogP contribution in [0.1, 0.15) is 27.7 Å². The standard InChI is InChI=1S/C13H20O6/c1-7(2)11-17-8-5-15-13(10(14)9(8)18-11)6-16-12(3,4)19-13/h7-9,11H,5-6H2,1-4H3/t8-,9?,11?,13+/m1/s1. The predicted molar refractivity (Wildman–Crippen MR) is 63.2 cm³/mol. The van der Waals surface area contributed by atoms with Gasteiger partial charge in [0, 0.05) is 5.92 Å². The van der Waals surface area contributed by atoms with Gasteiger partial charge in [0.25, 0.3) is 5.79 Å². The number of ether oxygens (including phenoxy) is 5. The molecule has 0 N–H and O–H groups in total. The predicted octanol–water partition coefficient (Wildman–Crippen LogP) is 0.831. The van der Waals surface area contributed by atoms with Crippen LogP contribution in [-0.4, -0.2) is 49.1 Å². The van der Waals surface area contributed by atoms with E-state index in [-0.39, 0.29) is 37.3 Å². The smallest absolute Gasteiger partial charge is 0.258 e. The molecule has 6 nitrogen and oxygen atoms in total. The van der Waals surface area contributed by atoms with Gasteiger partial charge in [-0.25, -0.2) is 0 Å². The van der Waals surface area contributed by atoms with Crippen molar-refractivity contribution in [1.82, 2.24) is 0 Å². The molecule has 3 heterocycles. The van der Waals surface area contributed by atoms with Crippen molar-refractivity contribution >= 4 is 5.78 Å². The average Bonchev–Trinajstić information content (AvgIpc) is 2.87. The summed E-state index contributed by atoms with van der Waals surface area (Å²) in [5, 5.41) is 0. The summed E-state index contributed by atoms with van der Waals surface area (Å²) in [7, 11) is 0. The number of carbonyl (C=O) groups is 1. The molecule has 0 aliphatic carbocycles. The molecule has 0 bridgehead atoms. The molecule has 0 saturated carbocycles. The van der Waals surface area contributed by atoms with Crippen molar-refractivity contribution in [2.24, 2.45) is 5.92 Å². The number of carbonyl (C=O) groups excluding carboxylic acids is 1. The minimum absolute atomic E-state index is 0.0950. The highest BCUT2D eigenvalue weighted by Crippen LogP contribution is 2.40. The zero-order valence-corrected chi connectivity index (χ0v) is 11.7. The molecular formula is C13H20O6. The molecule has 2 unspecified atom stereocenters. The SMILES string of the molecule is CC(C)C1OC2C(=O)[C@@]3(COC(C)(C)O3)OC[C@H]2O1. The summed E-state index contributed by atoms with van der Waals surface area (Å²) in [6.07, 6.45) is -1.34. The van der Waals surface area contributed by atoms with Gasteiger partial charge in [-0.05, 0) is 13.8 Å². The van der Waals surface area contributed by atoms with Gasteiger partial charge in [0.2, 0.25) is 5.78 Å². The van der Waals surface area contributed by atoms with Crippen LogP contribution in [0.15, 0.2) is 0 Å². The topological polar surface area (TPSA) is 63.2 Å². The number of fused-ring (bicyclic) bond motifs is 1. The van der Waals surface area contributed by atoms with Crippen LogP contribution in [0, 0.1) is 5.92 Å².